The fourth-order valence-electron chi connectivity index (χ4n) is 1.93. The average Bonchev–Trinajstić information content (AvgIpc) is 2.59. The molecular weight excluding hydrogens is 152 g/mol. The quantitative estimate of drug-likeness (QED) is 0.576. The maximum absolute atomic E-state index is 4.22. The van der Waals surface area contributed by atoms with Crippen LogP contribution in [0.25, 0.3) is 0 Å². The molecule has 0 bridgehead atoms. The summed E-state index contributed by atoms with van der Waals surface area (Å²) in [5, 5.41) is 14.5. The summed E-state index contributed by atoms with van der Waals surface area (Å²) in [5.74, 6) is 0.567. The summed E-state index contributed by atoms with van der Waals surface area (Å²) in [7, 11) is 2.03. The van der Waals surface area contributed by atoms with Crippen LogP contribution in [-0.2, 0) is 0 Å². The van der Waals surface area contributed by atoms with Crippen molar-refractivity contribution in [1.29, 1.82) is 0 Å². The summed E-state index contributed by atoms with van der Waals surface area (Å²) in [6.07, 6.45) is 3.03. The molecule has 0 saturated carbocycles. The minimum atomic E-state index is 0.374. The topological polar surface area (TPSA) is 40.3 Å². The molecule has 0 spiro atoms. The van der Waals surface area contributed by atoms with Crippen LogP contribution in [0.1, 0.15) is 13.3 Å². The van der Waals surface area contributed by atoms with E-state index in [4.69, 9.17) is 0 Å². The molecular formula is C8H14N4. The third-order valence-corrected chi connectivity index (χ3v) is 2.76. The molecule has 4 heteroatoms. The Morgan fingerprint density at radius 1 is 1.50 bits per heavy atom. The van der Waals surface area contributed by atoms with Gasteiger partial charge in [0.1, 0.15) is 0 Å². The first-order chi connectivity index (χ1) is 5.79. The lowest BCUT2D eigenvalue weighted by atomic mass is 9.92. The molecule has 12 heavy (non-hydrogen) atoms. The summed E-state index contributed by atoms with van der Waals surface area (Å²) < 4.78 is 0. The van der Waals surface area contributed by atoms with Gasteiger partial charge in [-0.2, -0.15) is 15.3 Å². The molecule has 66 valence electrons. The number of hydrogen-bond acceptors (Lipinski definition) is 4. The van der Waals surface area contributed by atoms with Gasteiger partial charge in [0.05, 0.1) is 18.6 Å². The van der Waals surface area contributed by atoms with E-state index in [1.54, 1.807) is 0 Å². The molecule has 4 nitrogen and oxygen atoms in total. The molecule has 3 atom stereocenters. The van der Waals surface area contributed by atoms with Crippen LogP contribution in [0.3, 0.4) is 0 Å². The van der Waals surface area contributed by atoms with Gasteiger partial charge < -0.3 is 0 Å². The first kappa shape index (κ1) is 7.71. The number of nitrogens with zero attached hydrogens (tertiary/aromatic N) is 4. The van der Waals surface area contributed by atoms with Gasteiger partial charge in [-0.15, -0.1) is 0 Å². The molecule has 0 aliphatic carbocycles. The van der Waals surface area contributed by atoms with Crippen LogP contribution in [0.15, 0.2) is 15.3 Å². The maximum Gasteiger partial charge on any atom is 0.0747 e. The highest BCUT2D eigenvalue weighted by atomic mass is 15.5. The molecule has 0 amide bonds. The molecule has 2 rings (SSSR count). The van der Waals surface area contributed by atoms with Gasteiger partial charge in [0.25, 0.3) is 0 Å². The van der Waals surface area contributed by atoms with Crippen molar-refractivity contribution in [2.75, 3.05) is 13.6 Å². The maximum atomic E-state index is 4.22. The van der Waals surface area contributed by atoms with Crippen LogP contribution in [0.4, 0.5) is 0 Å². The third kappa shape index (κ3) is 1.11. The van der Waals surface area contributed by atoms with E-state index in [2.05, 4.69) is 22.3 Å². The van der Waals surface area contributed by atoms with Crippen LogP contribution >= 0.6 is 0 Å². The van der Waals surface area contributed by atoms with E-state index < -0.39 is 0 Å². The van der Waals surface area contributed by atoms with Gasteiger partial charge in [-0.1, -0.05) is 0 Å². The first-order valence-electron chi connectivity index (χ1n) is 4.41. The van der Waals surface area contributed by atoms with E-state index in [1.807, 2.05) is 18.3 Å². The van der Waals surface area contributed by atoms with Crippen molar-refractivity contribution < 1.29 is 0 Å². The smallest absolute Gasteiger partial charge is 0.0747 e. The minimum Gasteiger partial charge on any atom is -0.297 e. The van der Waals surface area contributed by atoms with E-state index in [9.17, 15) is 0 Å². The predicted molar refractivity (Wildman–Crippen MR) is 47.3 cm³/mol. The Morgan fingerprint density at radius 2 is 2.33 bits per heavy atom. The summed E-state index contributed by atoms with van der Waals surface area (Å²) in [6.45, 7) is 3.01. The summed E-state index contributed by atoms with van der Waals surface area (Å²) >= 11 is 0. The Balaban J connectivity index is 2.01. The molecule has 2 heterocycles. The molecule has 0 aromatic carbocycles. The second kappa shape index (κ2) is 2.84. The number of hydrogen-bond donors (Lipinski definition) is 0. The summed E-state index contributed by atoms with van der Waals surface area (Å²) in [5.41, 5.74) is 0. The molecule has 0 radical (unpaired) electrons. The van der Waals surface area contributed by atoms with E-state index in [0.29, 0.717) is 18.0 Å². The highest BCUT2D eigenvalue weighted by molar-refractivity contribution is 5.59. The SMILES string of the molecule is CC1N=NCC1C1CC=NN1C. The molecule has 0 saturated heterocycles. The monoisotopic (exact) mass is 166 g/mol. The summed E-state index contributed by atoms with van der Waals surface area (Å²) in [4.78, 5) is 0. The molecule has 2 aliphatic rings. The van der Waals surface area contributed by atoms with Gasteiger partial charge in [0.15, 0.2) is 0 Å². The van der Waals surface area contributed by atoms with Crippen molar-refractivity contribution in [3.05, 3.63) is 0 Å². The van der Waals surface area contributed by atoms with Crippen molar-refractivity contribution >= 4 is 6.21 Å². The van der Waals surface area contributed by atoms with Gasteiger partial charge in [0, 0.05) is 25.6 Å². The van der Waals surface area contributed by atoms with Gasteiger partial charge in [-0.05, 0) is 6.92 Å². The van der Waals surface area contributed by atoms with E-state index in [0.717, 1.165) is 13.0 Å². The molecule has 2 aliphatic heterocycles. The fourth-order valence-corrected chi connectivity index (χ4v) is 1.93. The molecule has 0 fully saturated rings. The zero-order valence-electron chi connectivity index (χ0n) is 7.51. The Hall–Kier alpha value is -0.930. The number of azo groups is 1. The normalized spacial score (nSPS) is 39.8. The Kier molecular flexibility index (Phi) is 1.83. The average molecular weight is 166 g/mol. The van der Waals surface area contributed by atoms with Gasteiger partial charge in [-0.3, -0.25) is 5.01 Å². The van der Waals surface area contributed by atoms with Crippen LogP contribution < -0.4 is 0 Å². The van der Waals surface area contributed by atoms with E-state index in [-0.39, 0.29) is 0 Å². The highest BCUT2D eigenvalue weighted by Gasteiger charge is 2.33. The number of hydrazone groups is 1. The predicted octanol–water partition coefficient (Wildman–Crippen LogP) is 1.15. The van der Waals surface area contributed by atoms with Gasteiger partial charge >= 0.3 is 0 Å². The van der Waals surface area contributed by atoms with Crippen molar-refractivity contribution in [2.24, 2.45) is 21.2 Å². The number of rotatable bonds is 1. The highest BCUT2D eigenvalue weighted by Crippen LogP contribution is 2.26. The molecule has 0 aromatic heterocycles. The van der Waals surface area contributed by atoms with Crippen LogP contribution in [0.5, 0.6) is 0 Å². The fraction of sp³-hybridized carbons (Fsp3) is 0.875. The lowest BCUT2D eigenvalue weighted by Crippen LogP contribution is -2.36. The second-order valence-corrected chi connectivity index (χ2v) is 3.52. The zero-order chi connectivity index (χ0) is 8.55. The molecule has 3 unspecified atom stereocenters. The largest absolute Gasteiger partial charge is 0.297 e. The Labute approximate surface area is 72.4 Å². The molecule has 0 N–H and O–H groups in total. The van der Waals surface area contributed by atoms with Crippen molar-refractivity contribution in [3.8, 4) is 0 Å². The Bertz CT molecular complexity index is 199. The van der Waals surface area contributed by atoms with Crippen LogP contribution in [-0.4, -0.2) is 36.9 Å². The van der Waals surface area contributed by atoms with Crippen molar-refractivity contribution in [2.45, 2.75) is 25.4 Å². The minimum absolute atomic E-state index is 0.374. The zero-order valence-corrected chi connectivity index (χ0v) is 7.51. The standard InChI is InChI=1S/C8H14N4/c1-6-7(5-9-11-6)8-3-4-10-12(8)2/h4,6-8H,3,5H2,1-2H3. The van der Waals surface area contributed by atoms with Gasteiger partial charge in [0.2, 0.25) is 0 Å². The van der Waals surface area contributed by atoms with Crippen LogP contribution in [0.2, 0.25) is 0 Å². The lowest BCUT2D eigenvalue weighted by Gasteiger charge is -2.26. The Morgan fingerprint density at radius 3 is 2.83 bits per heavy atom. The molecule has 0 aromatic rings. The summed E-state index contributed by atoms with van der Waals surface area (Å²) in [6, 6.07) is 0.897. The van der Waals surface area contributed by atoms with E-state index in [1.165, 1.54) is 0 Å². The van der Waals surface area contributed by atoms with Crippen LogP contribution in [0, 0.1) is 5.92 Å². The van der Waals surface area contributed by atoms with Gasteiger partial charge in [-0.25, -0.2) is 0 Å². The third-order valence-electron chi connectivity index (χ3n) is 2.76. The van der Waals surface area contributed by atoms with E-state index >= 15 is 0 Å². The van der Waals surface area contributed by atoms with Crippen molar-refractivity contribution in [3.63, 3.8) is 0 Å². The lowest BCUT2D eigenvalue weighted by molar-refractivity contribution is 0.205. The second-order valence-electron chi connectivity index (χ2n) is 3.52. The van der Waals surface area contributed by atoms with Crippen molar-refractivity contribution in [1.82, 2.24) is 5.01 Å². The first-order valence-corrected chi connectivity index (χ1v) is 4.41.